The molecule has 0 radical (unpaired) electrons. The van der Waals surface area contributed by atoms with E-state index in [-0.39, 0.29) is 5.91 Å². The van der Waals surface area contributed by atoms with Crippen molar-refractivity contribution in [3.63, 3.8) is 0 Å². The van der Waals surface area contributed by atoms with Crippen LogP contribution >= 0.6 is 11.8 Å². The lowest BCUT2D eigenvalue weighted by molar-refractivity contribution is 0.0948. The third-order valence-corrected chi connectivity index (χ3v) is 5.44. The Balaban J connectivity index is 1.60. The zero-order chi connectivity index (χ0) is 17.5. The van der Waals surface area contributed by atoms with Gasteiger partial charge < -0.3 is 5.32 Å². The van der Waals surface area contributed by atoms with Crippen molar-refractivity contribution in [2.45, 2.75) is 37.8 Å². The molecule has 1 N–H and O–H groups in total. The highest BCUT2D eigenvalue weighted by molar-refractivity contribution is 7.99. The Morgan fingerprint density at radius 3 is 2.64 bits per heavy atom. The van der Waals surface area contributed by atoms with Gasteiger partial charge in [-0.1, -0.05) is 43.3 Å². The predicted octanol–water partition coefficient (Wildman–Crippen LogP) is 4.32. The van der Waals surface area contributed by atoms with Crippen molar-refractivity contribution >= 4 is 17.7 Å². The summed E-state index contributed by atoms with van der Waals surface area (Å²) in [6.45, 7) is 6.08. The zero-order valence-corrected chi connectivity index (χ0v) is 15.6. The van der Waals surface area contributed by atoms with E-state index in [1.54, 1.807) is 11.8 Å². The van der Waals surface area contributed by atoms with Crippen LogP contribution < -0.4 is 5.32 Å². The Kier molecular flexibility index (Phi) is 6.54. The van der Waals surface area contributed by atoms with Crippen LogP contribution in [0, 0.1) is 0 Å². The molecule has 3 nitrogen and oxygen atoms in total. The number of nitrogens with zero attached hydrogens (tertiary/aromatic N) is 1. The standard InChI is InChI=1S/C21H26N2OS/c1-2-25-20-11-4-3-10-19(20)21(24)22-15-17-8-7-9-18(14-17)16-23-12-5-6-13-23/h3-4,7-11,14H,2,5-6,12-13,15-16H2,1H3,(H,22,24). The Bertz CT molecular complexity index is 711. The lowest BCUT2D eigenvalue weighted by Crippen LogP contribution is -2.23. The molecule has 132 valence electrons. The van der Waals surface area contributed by atoms with Crippen LogP contribution in [0.25, 0.3) is 0 Å². The summed E-state index contributed by atoms with van der Waals surface area (Å²) in [6.07, 6.45) is 2.62. The molecule has 1 heterocycles. The van der Waals surface area contributed by atoms with Crippen molar-refractivity contribution in [3.05, 3.63) is 65.2 Å². The second-order valence-electron chi connectivity index (χ2n) is 6.42. The van der Waals surface area contributed by atoms with Crippen molar-refractivity contribution < 1.29 is 4.79 Å². The summed E-state index contributed by atoms with van der Waals surface area (Å²) in [4.78, 5) is 16.1. The highest BCUT2D eigenvalue weighted by Crippen LogP contribution is 2.22. The molecule has 0 saturated carbocycles. The van der Waals surface area contributed by atoms with E-state index in [1.165, 1.54) is 31.5 Å². The molecule has 1 amide bonds. The number of hydrogen-bond donors (Lipinski definition) is 1. The monoisotopic (exact) mass is 354 g/mol. The number of benzene rings is 2. The van der Waals surface area contributed by atoms with Gasteiger partial charge in [-0.3, -0.25) is 9.69 Å². The first kappa shape index (κ1) is 18.0. The van der Waals surface area contributed by atoms with Crippen molar-refractivity contribution in [1.29, 1.82) is 0 Å². The number of amides is 1. The van der Waals surface area contributed by atoms with Crippen LogP contribution in [-0.2, 0) is 13.1 Å². The van der Waals surface area contributed by atoms with E-state index < -0.39 is 0 Å². The minimum absolute atomic E-state index is 0.00139. The molecule has 0 bridgehead atoms. The molecule has 0 aromatic heterocycles. The lowest BCUT2D eigenvalue weighted by Gasteiger charge is -2.15. The molecule has 1 aliphatic heterocycles. The molecular formula is C21H26N2OS. The number of nitrogens with one attached hydrogen (secondary N) is 1. The summed E-state index contributed by atoms with van der Waals surface area (Å²) in [5, 5.41) is 3.07. The smallest absolute Gasteiger partial charge is 0.252 e. The van der Waals surface area contributed by atoms with Gasteiger partial charge in [-0.25, -0.2) is 0 Å². The van der Waals surface area contributed by atoms with Gasteiger partial charge in [-0.2, -0.15) is 0 Å². The highest BCUT2D eigenvalue weighted by Gasteiger charge is 2.13. The van der Waals surface area contributed by atoms with E-state index >= 15 is 0 Å². The molecule has 0 atom stereocenters. The van der Waals surface area contributed by atoms with Gasteiger partial charge in [0, 0.05) is 18.0 Å². The first-order chi connectivity index (χ1) is 12.3. The maximum absolute atomic E-state index is 12.5. The molecular weight excluding hydrogens is 328 g/mol. The minimum atomic E-state index is 0.00139. The average molecular weight is 355 g/mol. The van der Waals surface area contributed by atoms with E-state index in [4.69, 9.17) is 0 Å². The van der Waals surface area contributed by atoms with Gasteiger partial charge in [0.15, 0.2) is 0 Å². The summed E-state index contributed by atoms with van der Waals surface area (Å²) in [5.41, 5.74) is 3.25. The van der Waals surface area contributed by atoms with Crippen molar-refractivity contribution in [3.8, 4) is 0 Å². The van der Waals surface area contributed by atoms with Crippen molar-refractivity contribution in [1.82, 2.24) is 10.2 Å². The number of hydrogen-bond acceptors (Lipinski definition) is 3. The topological polar surface area (TPSA) is 32.3 Å². The molecule has 1 saturated heterocycles. The molecule has 0 spiro atoms. The maximum Gasteiger partial charge on any atom is 0.252 e. The Morgan fingerprint density at radius 1 is 1.08 bits per heavy atom. The number of carbonyl (C=O) groups excluding carboxylic acids is 1. The number of thioether (sulfide) groups is 1. The fraction of sp³-hybridized carbons (Fsp3) is 0.381. The summed E-state index contributed by atoms with van der Waals surface area (Å²) in [7, 11) is 0. The van der Waals surface area contributed by atoms with Gasteiger partial charge in [-0.05, 0) is 54.9 Å². The molecule has 3 rings (SSSR count). The van der Waals surface area contributed by atoms with E-state index in [9.17, 15) is 4.79 Å². The summed E-state index contributed by atoms with van der Waals surface area (Å²) < 4.78 is 0. The van der Waals surface area contributed by atoms with E-state index in [2.05, 4.69) is 41.4 Å². The molecule has 1 fully saturated rings. The number of likely N-dealkylation sites (tertiary alicyclic amines) is 1. The lowest BCUT2D eigenvalue weighted by atomic mass is 10.1. The van der Waals surface area contributed by atoms with E-state index in [0.717, 1.165) is 28.3 Å². The van der Waals surface area contributed by atoms with Crippen molar-refractivity contribution in [2.75, 3.05) is 18.8 Å². The number of rotatable bonds is 7. The van der Waals surface area contributed by atoms with Gasteiger partial charge in [0.25, 0.3) is 5.91 Å². The first-order valence-electron chi connectivity index (χ1n) is 9.06. The third-order valence-electron chi connectivity index (χ3n) is 4.48. The van der Waals surface area contributed by atoms with Crippen LogP contribution in [0.4, 0.5) is 0 Å². The van der Waals surface area contributed by atoms with Crippen LogP contribution in [0.2, 0.25) is 0 Å². The largest absolute Gasteiger partial charge is 0.348 e. The highest BCUT2D eigenvalue weighted by atomic mass is 32.2. The molecule has 4 heteroatoms. The maximum atomic E-state index is 12.5. The van der Waals surface area contributed by atoms with Crippen LogP contribution in [-0.4, -0.2) is 29.6 Å². The van der Waals surface area contributed by atoms with Crippen molar-refractivity contribution in [2.24, 2.45) is 0 Å². The molecule has 2 aromatic carbocycles. The molecule has 25 heavy (non-hydrogen) atoms. The molecule has 1 aliphatic rings. The Hall–Kier alpha value is -1.78. The van der Waals surface area contributed by atoms with Crippen LogP contribution in [0.15, 0.2) is 53.4 Å². The second-order valence-corrected chi connectivity index (χ2v) is 7.72. The van der Waals surface area contributed by atoms with Gasteiger partial charge in [-0.15, -0.1) is 11.8 Å². The Morgan fingerprint density at radius 2 is 1.84 bits per heavy atom. The van der Waals surface area contributed by atoms with Gasteiger partial charge in [0.1, 0.15) is 0 Å². The fourth-order valence-corrected chi connectivity index (χ4v) is 4.05. The second kappa shape index (κ2) is 9.07. The average Bonchev–Trinajstić information content (AvgIpc) is 3.14. The van der Waals surface area contributed by atoms with Crippen LogP contribution in [0.5, 0.6) is 0 Å². The van der Waals surface area contributed by atoms with E-state index in [1.807, 2.05) is 24.3 Å². The zero-order valence-electron chi connectivity index (χ0n) is 14.8. The predicted molar refractivity (Wildman–Crippen MR) is 105 cm³/mol. The van der Waals surface area contributed by atoms with Gasteiger partial charge in [0.2, 0.25) is 0 Å². The molecule has 0 unspecified atom stereocenters. The van der Waals surface area contributed by atoms with Crippen LogP contribution in [0.1, 0.15) is 41.3 Å². The van der Waals surface area contributed by atoms with Gasteiger partial charge in [0.05, 0.1) is 5.56 Å². The van der Waals surface area contributed by atoms with Crippen LogP contribution in [0.3, 0.4) is 0 Å². The van der Waals surface area contributed by atoms with Gasteiger partial charge >= 0.3 is 0 Å². The number of carbonyl (C=O) groups is 1. The summed E-state index contributed by atoms with van der Waals surface area (Å²) >= 11 is 1.71. The SMILES string of the molecule is CCSc1ccccc1C(=O)NCc1cccc(CN2CCCC2)c1. The Labute approximate surface area is 154 Å². The third kappa shape index (κ3) is 5.10. The summed E-state index contributed by atoms with van der Waals surface area (Å²) in [5.74, 6) is 0.963. The van der Waals surface area contributed by atoms with E-state index in [0.29, 0.717) is 6.54 Å². The minimum Gasteiger partial charge on any atom is -0.348 e. The summed E-state index contributed by atoms with van der Waals surface area (Å²) in [6, 6.07) is 16.4. The molecule has 0 aliphatic carbocycles. The normalized spacial score (nSPS) is 14.6. The first-order valence-corrected chi connectivity index (χ1v) is 10.0. The fourth-order valence-electron chi connectivity index (χ4n) is 3.25. The molecule has 2 aromatic rings. The quantitative estimate of drug-likeness (QED) is 0.752.